The lowest BCUT2D eigenvalue weighted by molar-refractivity contribution is -0.148. The van der Waals surface area contributed by atoms with Gasteiger partial charge in [-0.15, -0.1) is 0 Å². The van der Waals surface area contributed by atoms with Gasteiger partial charge < -0.3 is 10.4 Å². The maximum atomic E-state index is 12.0. The number of aromatic nitrogens is 2. The van der Waals surface area contributed by atoms with E-state index in [4.69, 9.17) is 0 Å². The van der Waals surface area contributed by atoms with E-state index in [2.05, 4.69) is 10.4 Å². The molecule has 1 fully saturated rings. The highest BCUT2D eigenvalue weighted by molar-refractivity contribution is 5.87. The van der Waals surface area contributed by atoms with Gasteiger partial charge in [-0.2, -0.15) is 5.10 Å². The Morgan fingerprint density at radius 2 is 1.95 bits per heavy atom. The Kier molecular flexibility index (Phi) is 4.76. The zero-order valence-corrected chi connectivity index (χ0v) is 11.5. The molecule has 1 aliphatic rings. The Labute approximate surface area is 118 Å². The molecule has 1 aromatic rings. The third kappa shape index (κ3) is 3.59. The molecule has 6 heteroatoms. The summed E-state index contributed by atoms with van der Waals surface area (Å²) < 4.78 is 1.67. The van der Waals surface area contributed by atoms with E-state index in [1.54, 1.807) is 23.1 Å². The van der Waals surface area contributed by atoms with Crippen molar-refractivity contribution < 1.29 is 14.7 Å². The van der Waals surface area contributed by atoms with Gasteiger partial charge in [0.05, 0.1) is 0 Å². The molecular formula is C14H21N3O3. The summed E-state index contributed by atoms with van der Waals surface area (Å²) in [5.41, 5.74) is -1.07. The molecule has 0 spiro atoms. The Balaban J connectivity index is 1.93. The summed E-state index contributed by atoms with van der Waals surface area (Å²) in [4.78, 5) is 23.6. The Hall–Kier alpha value is -1.85. The summed E-state index contributed by atoms with van der Waals surface area (Å²) in [5.74, 6) is -1.13. The highest BCUT2D eigenvalue weighted by Crippen LogP contribution is 2.27. The predicted molar refractivity (Wildman–Crippen MR) is 73.1 cm³/mol. The van der Waals surface area contributed by atoms with Gasteiger partial charge in [0, 0.05) is 25.4 Å². The first-order chi connectivity index (χ1) is 9.62. The van der Waals surface area contributed by atoms with Crippen LogP contribution in [0.4, 0.5) is 0 Å². The van der Waals surface area contributed by atoms with Gasteiger partial charge in [0.25, 0.3) is 0 Å². The van der Waals surface area contributed by atoms with Crippen molar-refractivity contribution in [1.29, 1.82) is 0 Å². The second kappa shape index (κ2) is 6.54. The standard InChI is InChI=1S/C14H21N3O3/c18-12(6-11-17-10-5-9-15-17)16-14(13(19)20)7-3-1-2-4-8-14/h5,9-10H,1-4,6-8,11H2,(H,16,18)(H,19,20). The minimum Gasteiger partial charge on any atom is -0.480 e. The van der Waals surface area contributed by atoms with E-state index in [1.807, 2.05) is 0 Å². The summed E-state index contributed by atoms with van der Waals surface area (Å²) in [6.45, 7) is 0.467. The van der Waals surface area contributed by atoms with Gasteiger partial charge >= 0.3 is 5.97 Å². The fraction of sp³-hybridized carbons (Fsp3) is 0.643. The average Bonchev–Trinajstić information content (AvgIpc) is 2.82. The molecule has 1 aromatic heterocycles. The molecule has 0 bridgehead atoms. The molecule has 110 valence electrons. The van der Waals surface area contributed by atoms with Gasteiger partial charge in [0.1, 0.15) is 5.54 Å². The van der Waals surface area contributed by atoms with Crippen molar-refractivity contribution in [2.24, 2.45) is 0 Å². The van der Waals surface area contributed by atoms with Gasteiger partial charge in [0.15, 0.2) is 0 Å². The number of aliphatic carboxylic acids is 1. The lowest BCUT2D eigenvalue weighted by atomic mass is 9.90. The number of nitrogens with one attached hydrogen (secondary N) is 1. The van der Waals surface area contributed by atoms with Crippen molar-refractivity contribution in [3.8, 4) is 0 Å². The summed E-state index contributed by atoms with van der Waals surface area (Å²) in [6.07, 6.45) is 8.52. The molecule has 1 aliphatic carbocycles. The third-order valence-electron chi connectivity index (χ3n) is 3.87. The molecule has 1 saturated carbocycles. The number of carbonyl (C=O) groups is 2. The molecule has 2 rings (SSSR count). The van der Waals surface area contributed by atoms with E-state index in [0.29, 0.717) is 19.4 Å². The first kappa shape index (κ1) is 14.6. The Morgan fingerprint density at radius 1 is 1.25 bits per heavy atom. The van der Waals surface area contributed by atoms with E-state index in [-0.39, 0.29) is 12.3 Å². The van der Waals surface area contributed by atoms with Crippen LogP contribution in [0.15, 0.2) is 18.5 Å². The van der Waals surface area contributed by atoms with Crippen molar-refractivity contribution in [3.05, 3.63) is 18.5 Å². The number of rotatable bonds is 5. The summed E-state index contributed by atoms with van der Waals surface area (Å²) in [7, 11) is 0. The molecule has 1 heterocycles. The SMILES string of the molecule is O=C(CCn1cccn1)NC1(C(=O)O)CCCCCC1. The highest BCUT2D eigenvalue weighted by Gasteiger charge is 2.39. The first-order valence-corrected chi connectivity index (χ1v) is 7.14. The highest BCUT2D eigenvalue weighted by atomic mass is 16.4. The van der Waals surface area contributed by atoms with Gasteiger partial charge in [-0.3, -0.25) is 9.48 Å². The molecule has 0 radical (unpaired) electrons. The number of hydrogen-bond acceptors (Lipinski definition) is 3. The number of carbonyl (C=O) groups excluding carboxylic acids is 1. The minimum absolute atomic E-state index is 0.218. The van der Waals surface area contributed by atoms with Crippen molar-refractivity contribution in [2.75, 3.05) is 0 Å². The van der Waals surface area contributed by atoms with E-state index >= 15 is 0 Å². The van der Waals surface area contributed by atoms with Gasteiger partial charge in [0.2, 0.25) is 5.91 Å². The molecule has 20 heavy (non-hydrogen) atoms. The van der Waals surface area contributed by atoms with Crippen molar-refractivity contribution in [3.63, 3.8) is 0 Å². The van der Waals surface area contributed by atoms with Crippen LogP contribution in [0.2, 0.25) is 0 Å². The first-order valence-electron chi connectivity index (χ1n) is 7.14. The second-order valence-corrected chi connectivity index (χ2v) is 5.37. The summed E-state index contributed by atoms with van der Waals surface area (Å²) in [5, 5.41) is 16.3. The van der Waals surface area contributed by atoms with Gasteiger partial charge in [-0.05, 0) is 18.9 Å². The van der Waals surface area contributed by atoms with Crippen LogP contribution in [-0.2, 0) is 16.1 Å². The smallest absolute Gasteiger partial charge is 0.329 e. The number of nitrogens with zero attached hydrogens (tertiary/aromatic N) is 2. The fourth-order valence-electron chi connectivity index (χ4n) is 2.70. The molecule has 0 atom stereocenters. The largest absolute Gasteiger partial charge is 0.480 e. The Morgan fingerprint density at radius 3 is 2.50 bits per heavy atom. The van der Waals surface area contributed by atoms with Crippen LogP contribution in [0, 0.1) is 0 Å². The van der Waals surface area contributed by atoms with Crippen LogP contribution in [0.3, 0.4) is 0 Å². The number of carboxylic acids is 1. The molecule has 1 amide bonds. The van der Waals surface area contributed by atoms with Gasteiger partial charge in [-0.1, -0.05) is 25.7 Å². The van der Waals surface area contributed by atoms with E-state index in [1.165, 1.54) is 0 Å². The quantitative estimate of drug-likeness (QED) is 0.801. The molecule has 6 nitrogen and oxygen atoms in total. The predicted octanol–water partition coefficient (Wildman–Crippen LogP) is 1.57. The minimum atomic E-state index is -1.07. The molecule has 2 N–H and O–H groups in total. The van der Waals surface area contributed by atoms with Crippen LogP contribution in [0.1, 0.15) is 44.9 Å². The van der Waals surface area contributed by atoms with Crippen LogP contribution in [0.25, 0.3) is 0 Å². The Bertz CT molecular complexity index is 448. The number of hydrogen-bond donors (Lipinski definition) is 2. The van der Waals surface area contributed by atoms with Crippen LogP contribution < -0.4 is 5.32 Å². The number of carboxylic acid groups (broad SMARTS) is 1. The lowest BCUT2D eigenvalue weighted by Gasteiger charge is -2.29. The second-order valence-electron chi connectivity index (χ2n) is 5.37. The lowest BCUT2D eigenvalue weighted by Crippen LogP contribution is -2.54. The molecular weight excluding hydrogens is 258 g/mol. The van der Waals surface area contributed by atoms with Crippen LogP contribution >= 0.6 is 0 Å². The van der Waals surface area contributed by atoms with Crippen molar-refractivity contribution >= 4 is 11.9 Å². The third-order valence-corrected chi connectivity index (χ3v) is 3.87. The number of aryl methyl sites for hydroxylation is 1. The summed E-state index contributed by atoms with van der Waals surface area (Å²) >= 11 is 0. The van der Waals surface area contributed by atoms with Crippen LogP contribution in [-0.4, -0.2) is 32.3 Å². The molecule has 0 saturated heterocycles. The summed E-state index contributed by atoms with van der Waals surface area (Å²) in [6, 6.07) is 1.79. The molecule has 0 aromatic carbocycles. The molecule has 0 aliphatic heterocycles. The van der Waals surface area contributed by atoms with Crippen molar-refractivity contribution in [2.45, 2.75) is 57.0 Å². The van der Waals surface area contributed by atoms with E-state index in [9.17, 15) is 14.7 Å². The maximum absolute atomic E-state index is 12.0. The maximum Gasteiger partial charge on any atom is 0.329 e. The molecule has 0 unspecified atom stereocenters. The normalized spacial score (nSPS) is 18.2. The average molecular weight is 279 g/mol. The monoisotopic (exact) mass is 279 g/mol. The zero-order valence-electron chi connectivity index (χ0n) is 11.5. The van der Waals surface area contributed by atoms with Gasteiger partial charge in [-0.25, -0.2) is 4.79 Å². The van der Waals surface area contributed by atoms with Crippen LogP contribution in [0.5, 0.6) is 0 Å². The fourth-order valence-corrected chi connectivity index (χ4v) is 2.70. The zero-order chi connectivity index (χ0) is 14.4. The topological polar surface area (TPSA) is 84.2 Å². The number of amides is 1. The van der Waals surface area contributed by atoms with E-state index in [0.717, 1.165) is 25.7 Å². The van der Waals surface area contributed by atoms with E-state index < -0.39 is 11.5 Å². The van der Waals surface area contributed by atoms with Crippen molar-refractivity contribution in [1.82, 2.24) is 15.1 Å².